The van der Waals surface area contributed by atoms with Crippen molar-refractivity contribution in [1.29, 1.82) is 0 Å². The van der Waals surface area contributed by atoms with Crippen LogP contribution in [0.4, 0.5) is 0 Å². The standard InChI is InChI=1S/C25H25Cl2N3O4/c26-18-7-4-8-19(27)17(18)14-30-21(11-12-22(30)31)24(33)29-20(13-15-5-2-1-3-6-15)23(32)25(34)28-16-9-10-16/h1-8,16,20-21H,9-14H2,(H,28,34)(H,29,33)/t20?,21-/m0/s1. The normalized spacial score (nSPS) is 18.5. The lowest BCUT2D eigenvalue weighted by atomic mass is 10.0. The lowest BCUT2D eigenvalue weighted by Gasteiger charge is -2.27. The molecule has 4 rings (SSSR count). The summed E-state index contributed by atoms with van der Waals surface area (Å²) in [7, 11) is 0. The van der Waals surface area contributed by atoms with Crippen LogP contribution < -0.4 is 10.6 Å². The predicted molar refractivity (Wildman–Crippen MR) is 128 cm³/mol. The third-order valence-corrected chi connectivity index (χ3v) is 6.78. The molecule has 9 heteroatoms. The quantitative estimate of drug-likeness (QED) is 0.516. The summed E-state index contributed by atoms with van der Waals surface area (Å²) in [6, 6.07) is 12.4. The fourth-order valence-electron chi connectivity index (χ4n) is 4.03. The van der Waals surface area contributed by atoms with Crippen LogP contribution >= 0.6 is 23.2 Å². The van der Waals surface area contributed by atoms with Crippen molar-refractivity contribution in [3.8, 4) is 0 Å². The summed E-state index contributed by atoms with van der Waals surface area (Å²) < 4.78 is 0. The first kappa shape index (κ1) is 24.2. The van der Waals surface area contributed by atoms with E-state index >= 15 is 0 Å². The molecule has 0 aromatic heterocycles. The van der Waals surface area contributed by atoms with Gasteiger partial charge in [-0.05, 0) is 37.0 Å². The number of halogens is 2. The van der Waals surface area contributed by atoms with Crippen LogP contribution in [-0.2, 0) is 32.1 Å². The van der Waals surface area contributed by atoms with E-state index in [0.717, 1.165) is 18.4 Å². The van der Waals surface area contributed by atoms with Crippen LogP contribution in [0.2, 0.25) is 10.0 Å². The zero-order valence-electron chi connectivity index (χ0n) is 18.4. The van der Waals surface area contributed by atoms with Gasteiger partial charge in [0.1, 0.15) is 12.1 Å². The summed E-state index contributed by atoms with van der Waals surface area (Å²) in [6.45, 7) is 0.0783. The van der Waals surface area contributed by atoms with Gasteiger partial charge >= 0.3 is 0 Å². The van der Waals surface area contributed by atoms with Crippen molar-refractivity contribution in [3.05, 3.63) is 69.7 Å². The SMILES string of the molecule is O=C(NC1CC1)C(=O)C(Cc1ccccc1)NC(=O)[C@@H]1CCC(=O)N1Cc1c(Cl)cccc1Cl. The number of amides is 3. The van der Waals surface area contributed by atoms with E-state index in [0.29, 0.717) is 22.0 Å². The number of Topliss-reactive ketones (excluding diaryl/α,β-unsaturated/α-hetero) is 1. The second-order valence-corrected chi connectivity index (χ2v) is 9.45. The molecule has 2 aliphatic rings. The largest absolute Gasteiger partial charge is 0.347 e. The Balaban J connectivity index is 1.51. The van der Waals surface area contributed by atoms with Crippen LogP contribution in [0, 0.1) is 0 Å². The number of benzene rings is 2. The van der Waals surface area contributed by atoms with Gasteiger partial charge in [0.2, 0.25) is 17.6 Å². The van der Waals surface area contributed by atoms with E-state index in [1.165, 1.54) is 4.90 Å². The van der Waals surface area contributed by atoms with Crippen molar-refractivity contribution in [2.75, 3.05) is 0 Å². The molecule has 2 aromatic rings. The van der Waals surface area contributed by atoms with E-state index in [2.05, 4.69) is 10.6 Å². The van der Waals surface area contributed by atoms with Crippen LogP contribution in [0.1, 0.15) is 36.8 Å². The number of rotatable bonds is 9. The molecule has 0 bridgehead atoms. The van der Waals surface area contributed by atoms with Gasteiger partial charge in [-0.1, -0.05) is 59.6 Å². The smallest absolute Gasteiger partial charge is 0.289 e. The average molecular weight is 502 g/mol. The Labute approximate surface area is 207 Å². The van der Waals surface area contributed by atoms with E-state index in [4.69, 9.17) is 23.2 Å². The van der Waals surface area contributed by atoms with Crippen LogP contribution in [0.3, 0.4) is 0 Å². The molecule has 1 aliphatic carbocycles. The summed E-state index contributed by atoms with van der Waals surface area (Å²) in [5.74, 6) is -2.09. The molecule has 1 heterocycles. The van der Waals surface area contributed by atoms with Gasteiger partial charge in [-0.15, -0.1) is 0 Å². The fourth-order valence-corrected chi connectivity index (χ4v) is 4.54. The first-order chi connectivity index (χ1) is 16.3. The van der Waals surface area contributed by atoms with Gasteiger partial charge in [0, 0.05) is 41.0 Å². The first-order valence-electron chi connectivity index (χ1n) is 11.2. The van der Waals surface area contributed by atoms with Crippen molar-refractivity contribution < 1.29 is 19.2 Å². The molecule has 0 spiro atoms. The number of hydrogen-bond donors (Lipinski definition) is 2. The van der Waals surface area contributed by atoms with E-state index < -0.39 is 29.7 Å². The maximum Gasteiger partial charge on any atom is 0.289 e. The third-order valence-electron chi connectivity index (χ3n) is 6.07. The zero-order chi connectivity index (χ0) is 24.2. The summed E-state index contributed by atoms with van der Waals surface area (Å²) >= 11 is 12.5. The Bertz CT molecular complexity index is 1080. The van der Waals surface area contributed by atoms with Crippen molar-refractivity contribution >= 4 is 46.7 Å². The van der Waals surface area contributed by atoms with Crippen LogP contribution in [-0.4, -0.2) is 46.5 Å². The maximum absolute atomic E-state index is 13.3. The van der Waals surface area contributed by atoms with Gasteiger partial charge in [0.15, 0.2) is 0 Å². The summed E-state index contributed by atoms with van der Waals surface area (Å²) in [6.07, 6.45) is 2.35. The monoisotopic (exact) mass is 501 g/mol. The number of hydrogen-bond acceptors (Lipinski definition) is 4. The Morgan fingerprint density at radius 2 is 1.65 bits per heavy atom. The molecule has 1 aliphatic heterocycles. The molecule has 178 valence electrons. The highest BCUT2D eigenvalue weighted by Crippen LogP contribution is 2.29. The molecule has 2 aromatic carbocycles. The molecule has 2 fully saturated rings. The zero-order valence-corrected chi connectivity index (χ0v) is 19.9. The average Bonchev–Trinajstić information content (AvgIpc) is 3.56. The molecule has 2 atom stereocenters. The number of carbonyl (C=O) groups is 4. The summed E-state index contributed by atoms with van der Waals surface area (Å²) in [5.41, 5.74) is 1.36. The second-order valence-electron chi connectivity index (χ2n) is 8.64. The molecule has 3 amide bonds. The highest BCUT2D eigenvalue weighted by atomic mass is 35.5. The van der Waals surface area contributed by atoms with Crippen molar-refractivity contribution in [2.45, 2.75) is 56.8 Å². The van der Waals surface area contributed by atoms with Gasteiger partial charge in [-0.3, -0.25) is 19.2 Å². The molecule has 34 heavy (non-hydrogen) atoms. The Morgan fingerprint density at radius 1 is 0.971 bits per heavy atom. The van der Waals surface area contributed by atoms with Gasteiger partial charge in [0.25, 0.3) is 5.91 Å². The van der Waals surface area contributed by atoms with E-state index in [9.17, 15) is 19.2 Å². The van der Waals surface area contributed by atoms with Crippen molar-refractivity contribution in [1.82, 2.24) is 15.5 Å². The fraction of sp³-hybridized carbons (Fsp3) is 0.360. The number of nitrogens with zero attached hydrogens (tertiary/aromatic N) is 1. The second kappa shape index (κ2) is 10.6. The minimum atomic E-state index is -1.05. The molecule has 1 saturated heterocycles. The van der Waals surface area contributed by atoms with Crippen LogP contribution in [0.25, 0.3) is 0 Å². The van der Waals surface area contributed by atoms with E-state index in [-0.39, 0.29) is 31.3 Å². The Hall–Kier alpha value is -2.90. The summed E-state index contributed by atoms with van der Waals surface area (Å²) in [4.78, 5) is 52.7. The summed E-state index contributed by atoms with van der Waals surface area (Å²) in [5, 5.41) is 6.23. The van der Waals surface area contributed by atoms with Crippen LogP contribution in [0.15, 0.2) is 48.5 Å². The molecular formula is C25H25Cl2N3O4. The third kappa shape index (κ3) is 5.77. The minimum Gasteiger partial charge on any atom is -0.347 e. The highest BCUT2D eigenvalue weighted by molar-refractivity contribution is 6.38. The molecule has 0 radical (unpaired) electrons. The lowest BCUT2D eigenvalue weighted by molar-refractivity contribution is -0.141. The van der Waals surface area contributed by atoms with Gasteiger partial charge in [-0.2, -0.15) is 0 Å². The Morgan fingerprint density at radius 3 is 2.29 bits per heavy atom. The predicted octanol–water partition coefficient (Wildman–Crippen LogP) is 3.06. The molecule has 2 N–H and O–H groups in total. The van der Waals surface area contributed by atoms with Crippen molar-refractivity contribution in [2.24, 2.45) is 0 Å². The number of nitrogens with one attached hydrogen (secondary N) is 2. The van der Waals surface area contributed by atoms with Crippen molar-refractivity contribution in [3.63, 3.8) is 0 Å². The van der Waals surface area contributed by atoms with Gasteiger partial charge < -0.3 is 15.5 Å². The number of carbonyl (C=O) groups excluding carboxylic acids is 4. The van der Waals surface area contributed by atoms with Crippen LogP contribution in [0.5, 0.6) is 0 Å². The molecular weight excluding hydrogens is 477 g/mol. The Kier molecular flexibility index (Phi) is 7.54. The molecule has 1 unspecified atom stereocenters. The molecule has 7 nitrogen and oxygen atoms in total. The van der Waals surface area contributed by atoms with E-state index in [1.54, 1.807) is 18.2 Å². The number of likely N-dealkylation sites (tertiary alicyclic amines) is 1. The lowest BCUT2D eigenvalue weighted by Crippen LogP contribution is -2.53. The van der Waals surface area contributed by atoms with Gasteiger partial charge in [-0.25, -0.2) is 0 Å². The van der Waals surface area contributed by atoms with E-state index in [1.807, 2.05) is 30.3 Å². The first-order valence-corrected chi connectivity index (χ1v) is 12.0. The minimum absolute atomic E-state index is 0.0211. The maximum atomic E-state index is 13.3. The number of ketones is 1. The highest BCUT2D eigenvalue weighted by Gasteiger charge is 2.39. The van der Waals surface area contributed by atoms with Gasteiger partial charge in [0.05, 0.1) is 0 Å². The molecule has 1 saturated carbocycles. The topological polar surface area (TPSA) is 95.6 Å².